The summed E-state index contributed by atoms with van der Waals surface area (Å²) in [4.78, 5) is 12.6. The molecule has 3 aromatic rings. The Morgan fingerprint density at radius 2 is 2.15 bits per heavy atom. The van der Waals surface area contributed by atoms with Crippen molar-refractivity contribution in [2.24, 2.45) is 0 Å². The van der Waals surface area contributed by atoms with Gasteiger partial charge >= 0.3 is 0 Å². The minimum absolute atomic E-state index is 0.253. The molecule has 3 N–H and O–H groups in total. The van der Waals surface area contributed by atoms with Gasteiger partial charge in [0, 0.05) is 24.0 Å². The van der Waals surface area contributed by atoms with Crippen molar-refractivity contribution >= 4 is 22.6 Å². The van der Waals surface area contributed by atoms with Crippen LogP contribution in [0.5, 0.6) is 0 Å². The molecule has 0 radical (unpaired) electrons. The molecular formula is C19H16FN5O. The number of H-pyrrole nitrogens is 1. The van der Waals surface area contributed by atoms with Crippen LogP contribution in [0.2, 0.25) is 0 Å². The molecule has 130 valence electrons. The van der Waals surface area contributed by atoms with E-state index in [2.05, 4.69) is 26.9 Å². The molecule has 1 fully saturated rings. The highest BCUT2D eigenvalue weighted by molar-refractivity contribution is 6.08. The largest absolute Gasteiger partial charge is 0.310 e. The molecule has 1 amide bonds. The van der Waals surface area contributed by atoms with E-state index in [0.29, 0.717) is 28.0 Å². The highest BCUT2D eigenvalue weighted by Crippen LogP contribution is 2.31. The lowest BCUT2D eigenvalue weighted by Crippen LogP contribution is -2.53. The average molecular weight is 349 g/mol. The molecule has 0 bridgehead atoms. The second kappa shape index (κ2) is 5.93. The standard InChI is InChI=1S/C19H16FN5O/c1-11-5-15-16(7-13(11)8-21)24-25-17(15)23-18(26)12-3-2-4-14(6-12)19(20)9-22-10-19/h2-7,22H,9-10H2,1H3,(H2,23,24,25,26). The first kappa shape index (κ1) is 16.2. The number of nitrogens with one attached hydrogen (secondary N) is 3. The molecule has 1 aliphatic rings. The van der Waals surface area contributed by atoms with Crippen LogP contribution in [-0.4, -0.2) is 29.2 Å². The van der Waals surface area contributed by atoms with E-state index in [9.17, 15) is 9.18 Å². The summed E-state index contributed by atoms with van der Waals surface area (Å²) >= 11 is 0. The fourth-order valence-corrected chi connectivity index (χ4v) is 3.06. The van der Waals surface area contributed by atoms with E-state index >= 15 is 0 Å². The van der Waals surface area contributed by atoms with Crippen LogP contribution in [-0.2, 0) is 5.67 Å². The molecule has 7 heteroatoms. The SMILES string of the molecule is Cc1cc2c(NC(=O)c3cccc(C4(F)CNC4)c3)n[nH]c2cc1C#N. The van der Waals surface area contributed by atoms with Crippen LogP contribution in [0, 0.1) is 18.3 Å². The number of hydrogen-bond acceptors (Lipinski definition) is 4. The first-order valence-corrected chi connectivity index (χ1v) is 8.20. The van der Waals surface area contributed by atoms with Crippen LogP contribution >= 0.6 is 0 Å². The Balaban J connectivity index is 1.63. The van der Waals surface area contributed by atoms with Crippen molar-refractivity contribution in [2.45, 2.75) is 12.6 Å². The van der Waals surface area contributed by atoms with Gasteiger partial charge in [0.1, 0.15) is 0 Å². The lowest BCUT2D eigenvalue weighted by atomic mass is 9.89. The molecule has 0 saturated carbocycles. The highest BCUT2D eigenvalue weighted by Gasteiger charge is 2.39. The van der Waals surface area contributed by atoms with Gasteiger partial charge in [-0.25, -0.2) is 4.39 Å². The molecule has 26 heavy (non-hydrogen) atoms. The van der Waals surface area contributed by atoms with Crippen LogP contribution < -0.4 is 10.6 Å². The van der Waals surface area contributed by atoms with Gasteiger partial charge in [-0.15, -0.1) is 0 Å². The molecule has 0 spiro atoms. The monoisotopic (exact) mass is 349 g/mol. The van der Waals surface area contributed by atoms with Crippen LogP contribution in [0.3, 0.4) is 0 Å². The number of fused-ring (bicyclic) bond motifs is 1. The highest BCUT2D eigenvalue weighted by atomic mass is 19.1. The van der Waals surface area contributed by atoms with E-state index in [1.807, 2.05) is 6.92 Å². The number of carbonyl (C=O) groups is 1. The van der Waals surface area contributed by atoms with Gasteiger partial charge in [-0.1, -0.05) is 12.1 Å². The van der Waals surface area contributed by atoms with Crippen molar-refractivity contribution in [3.63, 3.8) is 0 Å². The summed E-state index contributed by atoms with van der Waals surface area (Å²) in [5, 5.41) is 22.4. The topological polar surface area (TPSA) is 93.6 Å². The van der Waals surface area contributed by atoms with Gasteiger partial charge in [-0.2, -0.15) is 10.4 Å². The van der Waals surface area contributed by atoms with E-state index in [1.54, 1.807) is 36.4 Å². The summed E-state index contributed by atoms with van der Waals surface area (Å²) in [5.41, 5.74) is 1.46. The number of aromatic amines is 1. The van der Waals surface area contributed by atoms with Crippen molar-refractivity contribution in [1.29, 1.82) is 5.26 Å². The minimum atomic E-state index is -1.42. The zero-order chi connectivity index (χ0) is 18.3. The zero-order valence-corrected chi connectivity index (χ0v) is 14.1. The fraction of sp³-hybridized carbons (Fsp3) is 0.211. The maximum Gasteiger partial charge on any atom is 0.256 e. The van der Waals surface area contributed by atoms with Crippen LogP contribution in [0.25, 0.3) is 10.9 Å². The third-order valence-electron chi connectivity index (χ3n) is 4.71. The number of anilines is 1. The predicted octanol–water partition coefficient (Wildman–Crippen LogP) is 2.76. The quantitative estimate of drug-likeness (QED) is 0.678. The van der Waals surface area contributed by atoms with E-state index in [1.165, 1.54) is 0 Å². The number of rotatable bonds is 3. The van der Waals surface area contributed by atoms with Gasteiger partial charge in [0.2, 0.25) is 0 Å². The van der Waals surface area contributed by atoms with Gasteiger partial charge in [0.25, 0.3) is 5.91 Å². The molecule has 0 atom stereocenters. The van der Waals surface area contributed by atoms with Crippen molar-refractivity contribution in [3.05, 3.63) is 58.7 Å². The molecule has 1 aliphatic heterocycles. The first-order valence-electron chi connectivity index (χ1n) is 8.20. The molecule has 0 aliphatic carbocycles. The van der Waals surface area contributed by atoms with Gasteiger partial charge in [-0.05, 0) is 42.3 Å². The summed E-state index contributed by atoms with van der Waals surface area (Å²) in [6.07, 6.45) is 0. The average Bonchev–Trinajstić information content (AvgIpc) is 3.00. The van der Waals surface area contributed by atoms with E-state index in [-0.39, 0.29) is 19.0 Å². The Kier molecular flexibility index (Phi) is 3.71. The van der Waals surface area contributed by atoms with Crippen molar-refractivity contribution < 1.29 is 9.18 Å². The molecule has 2 aromatic carbocycles. The molecule has 0 unspecified atom stereocenters. The Hall–Kier alpha value is -3.24. The van der Waals surface area contributed by atoms with E-state index in [0.717, 1.165) is 10.9 Å². The second-order valence-electron chi connectivity index (χ2n) is 6.50. The number of alkyl halides is 1. The lowest BCUT2D eigenvalue weighted by molar-refractivity contribution is 0.0889. The van der Waals surface area contributed by atoms with E-state index in [4.69, 9.17) is 5.26 Å². The number of hydrogen-bond donors (Lipinski definition) is 3. The Morgan fingerprint density at radius 3 is 2.85 bits per heavy atom. The molecule has 1 aromatic heterocycles. The Labute approximate surface area is 149 Å². The maximum absolute atomic E-state index is 14.5. The van der Waals surface area contributed by atoms with Crippen molar-refractivity contribution in [2.75, 3.05) is 18.4 Å². The van der Waals surface area contributed by atoms with Gasteiger partial charge in [-0.3, -0.25) is 9.89 Å². The van der Waals surface area contributed by atoms with Gasteiger partial charge in [0.15, 0.2) is 11.5 Å². The predicted molar refractivity (Wildman–Crippen MR) is 95.6 cm³/mol. The first-order chi connectivity index (χ1) is 12.5. The van der Waals surface area contributed by atoms with Crippen LogP contribution in [0.1, 0.15) is 27.0 Å². The molecule has 6 nitrogen and oxygen atoms in total. The number of nitriles is 1. The van der Waals surface area contributed by atoms with Gasteiger partial charge < -0.3 is 10.6 Å². The van der Waals surface area contributed by atoms with Crippen LogP contribution in [0.15, 0.2) is 36.4 Å². The smallest absolute Gasteiger partial charge is 0.256 e. The minimum Gasteiger partial charge on any atom is -0.310 e. The number of aromatic nitrogens is 2. The third kappa shape index (κ3) is 2.61. The zero-order valence-electron chi connectivity index (χ0n) is 14.1. The third-order valence-corrected chi connectivity index (χ3v) is 4.71. The summed E-state index contributed by atoms with van der Waals surface area (Å²) in [6, 6.07) is 12.2. The summed E-state index contributed by atoms with van der Waals surface area (Å²) in [5.74, 6) is 0.0152. The number of halogens is 1. The Bertz CT molecular complexity index is 1060. The summed E-state index contributed by atoms with van der Waals surface area (Å²) < 4.78 is 14.5. The number of nitrogens with zero attached hydrogens (tertiary/aromatic N) is 2. The number of benzene rings is 2. The van der Waals surface area contributed by atoms with E-state index < -0.39 is 5.67 Å². The summed E-state index contributed by atoms with van der Waals surface area (Å²) in [7, 11) is 0. The second-order valence-corrected chi connectivity index (χ2v) is 6.50. The number of aryl methyl sites for hydroxylation is 1. The lowest BCUT2D eigenvalue weighted by Gasteiger charge is -2.35. The fourth-order valence-electron chi connectivity index (χ4n) is 3.06. The normalized spacial score (nSPS) is 15.3. The van der Waals surface area contributed by atoms with Crippen molar-refractivity contribution in [3.8, 4) is 6.07 Å². The molecule has 4 rings (SSSR count). The molecular weight excluding hydrogens is 333 g/mol. The summed E-state index contributed by atoms with van der Waals surface area (Å²) in [6.45, 7) is 2.33. The van der Waals surface area contributed by atoms with Crippen molar-refractivity contribution in [1.82, 2.24) is 15.5 Å². The Morgan fingerprint density at radius 1 is 1.35 bits per heavy atom. The van der Waals surface area contributed by atoms with Gasteiger partial charge in [0.05, 0.1) is 17.1 Å². The number of amides is 1. The van der Waals surface area contributed by atoms with Crippen LogP contribution in [0.4, 0.5) is 10.2 Å². The maximum atomic E-state index is 14.5. The number of carbonyl (C=O) groups excluding carboxylic acids is 1. The molecule has 1 saturated heterocycles. The molecule has 2 heterocycles.